The molecule has 0 unspecified atom stereocenters. The van der Waals surface area contributed by atoms with Crippen molar-refractivity contribution in [1.29, 1.82) is 0 Å². The fourth-order valence-corrected chi connectivity index (χ4v) is 5.67. The minimum absolute atomic E-state index is 0.126. The lowest BCUT2D eigenvalue weighted by molar-refractivity contribution is -0.130. The van der Waals surface area contributed by atoms with Gasteiger partial charge in [0, 0.05) is 36.7 Å². The molecule has 1 amide bonds. The summed E-state index contributed by atoms with van der Waals surface area (Å²) in [5.41, 5.74) is 7.96. The lowest BCUT2D eigenvalue weighted by Crippen LogP contribution is -2.27. The third-order valence-electron chi connectivity index (χ3n) is 5.92. The van der Waals surface area contributed by atoms with Crippen LogP contribution in [0.4, 0.5) is 0 Å². The predicted molar refractivity (Wildman–Crippen MR) is 144 cm³/mol. The Morgan fingerprint density at radius 2 is 1.91 bits per heavy atom. The minimum atomic E-state index is 0.126. The maximum absolute atomic E-state index is 12.6. The molecule has 8 heteroatoms. The maximum atomic E-state index is 12.6. The molecule has 2 aromatic carbocycles. The summed E-state index contributed by atoms with van der Waals surface area (Å²) >= 11 is 3.23. The van der Waals surface area contributed by atoms with Gasteiger partial charge >= 0.3 is 0 Å². The van der Waals surface area contributed by atoms with Gasteiger partial charge in [-0.3, -0.25) is 4.79 Å². The van der Waals surface area contributed by atoms with Gasteiger partial charge in [-0.1, -0.05) is 43.3 Å². The standard InChI is InChI=1S/C27H27N5OS2/c1-4-8-24(33)31(3)15-23-30-25(27-29-18(2)16-34-27)26(32(23)14-19-9-6-5-7-10-19)20-11-12-21-22(13-20)35-17-28-21/h5-7,9-13,16-17H,4,8,14-15H2,1-3H3. The number of thiazole rings is 2. The second kappa shape index (κ2) is 10.1. The van der Waals surface area contributed by atoms with Gasteiger partial charge in [0.15, 0.2) is 0 Å². The largest absolute Gasteiger partial charge is 0.338 e. The van der Waals surface area contributed by atoms with E-state index in [1.165, 1.54) is 5.56 Å². The number of amides is 1. The van der Waals surface area contributed by atoms with Crippen LogP contribution in [0.15, 0.2) is 59.4 Å². The van der Waals surface area contributed by atoms with Crippen molar-refractivity contribution in [2.75, 3.05) is 7.05 Å². The van der Waals surface area contributed by atoms with Crippen LogP contribution < -0.4 is 0 Å². The van der Waals surface area contributed by atoms with Crippen molar-refractivity contribution in [3.05, 3.63) is 76.5 Å². The smallest absolute Gasteiger partial charge is 0.222 e. The third kappa shape index (κ3) is 4.90. The van der Waals surface area contributed by atoms with E-state index in [-0.39, 0.29) is 5.91 Å². The Labute approximate surface area is 212 Å². The molecule has 0 aliphatic carbocycles. The number of aryl methyl sites for hydroxylation is 1. The van der Waals surface area contributed by atoms with E-state index in [4.69, 9.17) is 9.97 Å². The highest BCUT2D eigenvalue weighted by Gasteiger charge is 2.24. The molecule has 3 heterocycles. The Kier molecular flexibility index (Phi) is 6.74. The van der Waals surface area contributed by atoms with E-state index in [0.29, 0.717) is 19.5 Å². The lowest BCUT2D eigenvalue weighted by atomic mass is 10.1. The van der Waals surface area contributed by atoms with Gasteiger partial charge in [-0.25, -0.2) is 15.0 Å². The first-order valence-corrected chi connectivity index (χ1v) is 13.4. The summed E-state index contributed by atoms with van der Waals surface area (Å²) in [6.07, 6.45) is 1.36. The number of benzene rings is 2. The number of imidazole rings is 1. The number of rotatable bonds is 8. The fourth-order valence-electron chi connectivity index (χ4n) is 4.17. The van der Waals surface area contributed by atoms with Gasteiger partial charge in [-0.05, 0) is 31.0 Å². The van der Waals surface area contributed by atoms with E-state index in [9.17, 15) is 4.79 Å². The van der Waals surface area contributed by atoms with Crippen molar-refractivity contribution in [2.45, 2.75) is 39.8 Å². The fraction of sp³-hybridized carbons (Fsp3) is 0.259. The van der Waals surface area contributed by atoms with E-state index in [1.54, 1.807) is 27.6 Å². The van der Waals surface area contributed by atoms with E-state index < -0.39 is 0 Å². The van der Waals surface area contributed by atoms with E-state index in [2.05, 4.69) is 57.4 Å². The quantitative estimate of drug-likeness (QED) is 0.247. The van der Waals surface area contributed by atoms with Crippen LogP contribution in [0.5, 0.6) is 0 Å². The number of nitrogens with zero attached hydrogens (tertiary/aromatic N) is 5. The molecule has 0 spiro atoms. The number of hydrogen-bond acceptors (Lipinski definition) is 6. The van der Waals surface area contributed by atoms with Crippen molar-refractivity contribution < 1.29 is 4.79 Å². The summed E-state index contributed by atoms with van der Waals surface area (Å²) in [5.74, 6) is 0.976. The average molecular weight is 502 g/mol. The molecule has 0 aliphatic rings. The van der Waals surface area contributed by atoms with Crippen LogP contribution in [0.1, 0.15) is 36.8 Å². The molecule has 5 aromatic rings. The maximum Gasteiger partial charge on any atom is 0.222 e. The Bertz CT molecular complexity index is 1470. The Balaban J connectivity index is 1.70. The predicted octanol–water partition coefficient (Wildman–Crippen LogP) is 6.40. The first-order valence-electron chi connectivity index (χ1n) is 11.7. The normalized spacial score (nSPS) is 11.3. The summed E-state index contributed by atoms with van der Waals surface area (Å²) in [6.45, 7) is 5.12. The number of carbonyl (C=O) groups excluding carboxylic acids is 1. The zero-order valence-electron chi connectivity index (χ0n) is 20.1. The van der Waals surface area contributed by atoms with Crippen LogP contribution in [0.2, 0.25) is 0 Å². The molecular formula is C27H27N5OS2. The zero-order valence-corrected chi connectivity index (χ0v) is 21.7. The highest BCUT2D eigenvalue weighted by Crippen LogP contribution is 2.37. The van der Waals surface area contributed by atoms with E-state index in [1.807, 2.05) is 32.5 Å². The molecule has 0 radical (unpaired) electrons. The molecule has 0 fully saturated rings. The molecule has 0 aliphatic heterocycles. The van der Waals surface area contributed by atoms with Crippen molar-refractivity contribution in [3.63, 3.8) is 0 Å². The van der Waals surface area contributed by atoms with Crippen LogP contribution in [-0.4, -0.2) is 37.4 Å². The summed E-state index contributed by atoms with van der Waals surface area (Å²) in [6, 6.07) is 16.7. The van der Waals surface area contributed by atoms with Crippen LogP contribution in [0.25, 0.3) is 32.2 Å². The molecule has 35 heavy (non-hydrogen) atoms. The molecular weight excluding hydrogens is 474 g/mol. The van der Waals surface area contributed by atoms with E-state index >= 15 is 0 Å². The Morgan fingerprint density at radius 3 is 2.66 bits per heavy atom. The Hall–Kier alpha value is -3.36. The zero-order chi connectivity index (χ0) is 24.4. The van der Waals surface area contributed by atoms with Gasteiger partial charge in [-0.2, -0.15) is 0 Å². The lowest BCUT2D eigenvalue weighted by Gasteiger charge is -2.19. The van der Waals surface area contributed by atoms with Crippen molar-refractivity contribution >= 4 is 38.8 Å². The number of carbonyl (C=O) groups is 1. The molecule has 5 rings (SSSR count). The van der Waals surface area contributed by atoms with Gasteiger partial charge in [0.25, 0.3) is 0 Å². The second-order valence-electron chi connectivity index (χ2n) is 8.63. The van der Waals surface area contributed by atoms with Gasteiger partial charge in [0.2, 0.25) is 5.91 Å². The SMILES string of the molecule is CCCC(=O)N(C)Cc1nc(-c2nc(C)cs2)c(-c2ccc3ncsc3c2)n1Cc1ccccc1. The minimum Gasteiger partial charge on any atom is -0.338 e. The van der Waals surface area contributed by atoms with Gasteiger partial charge < -0.3 is 9.47 Å². The summed E-state index contributed by atoms with van der Waals surface area (Å²) in [5, 5.41) is 2.94. The van der Waals surface area contributed by atoms with Gasteiger partial charge in [0.05, 0.1) is 28.0 Å². The average Bonchev–Trinajstić information content (AvgIpc) is 3.58. The van der Waals surface area contributed by atoms with E-state index in [0.717, 1.165) is 50.1 Å². The number of hydrogen-bond donors (Lipinski definition) is 0. The molecule has 0 bridgehead atoms. The molecule has 3 aromatic heterocycles. The summed E-state index contributed by atoms with van der Waals surface area (Å²) < 4.78 is 3.38. The van der Waals surface area contributed by atoms with Crippen molar-refractivity contribution in [1.82, 2.24) is 24.4 Å². The molecule has 0 N–H and O–H groups in total. The molecule has 0 saturated carbocycles. The first-order chi connectivity index (χ1) is 17.0. The molecule has 6 nitrogen and oxygen atoms in total. The third-order valence-corrected chi connectivity index (χ3v) is 7.68. The molecule has 178 valence electrons. The molecule has 0 atom stereocenters. The topological polar surface area (TPSA) is 63.9 Å². The highest BCUT2D eigenvalue weighted by molar-refractivity contribution is 7.16. The van der Waals surface area contributed by atoms with Gasteiger partial charge in [-0.15, -0.1) is 22.7 Å². The van der Waals surface area contributed by atoms with Crippen molar-refractivity contribution in [2.24, 2.45) is 0 Å². The van der Waals surface area contributed by atoms with Crippen LogP contribution >= 0.6 is 22.7 Å². The number of fused-ring (bicyclic) bond motifs is 1. The van der Waals surface area contributed by atoms with Crippen LogP contribution in [0, 0.1) is 6.92 Å². The Morgan fingerprint density at radius 1 is 1.09 bits per heavy atom. The monoisotopic (exact) mass is 501 g/mol. The highest BCUT2D eigenvalue weighted by atomic mass is 32.1. The molecule has 0 saturated heterocycles. The van der Waals surface area contributed by atoms with Crippen LogP contribution in [-0.2, 0) is 17.9 Å². The van der Waals surface area contributed by atoms with Crippen LogP contribution in [0.3, 0.4) is 0 Å². The number of aromatic nitrogens is 4. The van der Waals surface area contributed by atoms with Gasteiger partial charge in [0.1, 0.15) is 16.5 Å². The summed E-state index contributed by atoms with van der Waals surface area (Å²) in [7, 11) is 1.86. The second-order valence-corrected chi connectivity index (χ2v) is 10.4. The summed E-state index contributed by atoms with van der Waals surface area (Å²) in [4.78, 5) is 28.8. The van der Waals surface area contributed by atoms with Crippen molar-refractivity contribution in [3.8, 4) is 22.0 Å². The first kappa shape index (κ1) is 23.4.